The molecule has 4 nitrogen and oxygen atoms in total. The number of aromatic nitrogens is 2. The largest absolute Gasteiger partial charge is 0.507 e. The molecule has 0 radical (unpaired) electrons. The van der Waals surface area contributed by atoms with Gasteiger partial charge in [-0.25, -0.2) is 4.39 Å². The highest BCUT2D eigenvalue weighted by molar-refractivity contribution is 5.67. The number of hydrogen-bond acceptors (Lipinski definition) is 4. The van der Waals surface area contributed by atoms with Crippen LogP contribution in [0.5, 0.6) is 5.75 Å². The van der Waals surface area contributed by atoms with Crippen molar-refractivity contribution in [1.82, 2.24) is 10.1 Å². The number of aryl methyl sites for hydroxylation is 2. The first-order valence-corrected chi connectivity index (χ1v) is 6.45. The molecule has 1 N–H and O–H groups in total. The lowest BCUT2D eigenvalue weighted by Gasteiger charge is -2.02. The molecule has 3 aromatic rings. The van der Waals surface area contributed by atoms with Gasteiger partial charge in [-0.05, 0) is 49.2 Å². The lowest BCUT2D eigenvalue weighted by molar-refractivity contribution is 0.425. The Kier molecular flexibility index (Phi) is 3.17. The number of nitrogens with zero attached hydrogens (tertiary/aromatic N) is 2. The van der Waals surface area contributed by atoms with Crippen molar-refractivity contribution in [3.63, 3.8) is 0 Å². The fraction of sp³-hybridized carbons (Fsp3) is 0.125. The number of halogens is 1. The zero-order valence-corrected chi connectivity index (χ0v) is 11.6. The van der Waals surface area contributed by atoms with Crippen molar-refractivity contribution in [2.75, 3.05) is 0 Å². The molecule has 0 spiro atoms. The van der Waals surface area contributed by atoms with Gasteiger partial charge in [0.25, 0.3) is 5.89 Å². The predicted molar refractivity (Wildman–Crippen MR) is 76.3 cm³/mol. The summed E-state index contributed by atoms with van der Waals surface area (Å²) < 4.78 is 18.3. The number of phenols is 1. The van der Waals surface area contributed by atoms with E-state index in [1.807, 2.05) is 0 Å². The number of phenolic OH excluding ortho intramolecular Hbond substituents is 1. The fourth-order valence-corrected chi connectivity index (χ4v) is 2.15. The van der Waals surface area contributed by atoms with E-state index in [2.05, 4.69) is 10.1 Å². The van der Waals surface area contributed by atoms with Gasteiger partial charge in [0.15, 0.2) is 0 Å². The maximum Gasteiger partial charge on any atom is 0.262 e. The van der Waals surface area contributed by atoms with Gasteiger partial charge < -0.3 is 9.63 Å². The van der Waals surface area contributed by atoms with E-state index < -0.39 is 0 Å². The Hall–Kier alpha value is -2.69. The van der Waals surface area contributed by atoms with Crippen molar-refractivity contribution >= 4 is 0 Å². The Balaban J connectivity index is 2.06. The van der Waals surface area contributed by atoms with Gasteiger partial charge in [-0.3, -0.25) is 0 Å². The van der Waals surface area contributed by atoms with Crippen molar-refractivity contribution in [3.05, 3.63) is 53.3 Å². The molecule has 3 rings (SSSR count). The van der Waals surface area contributed by atoms with Crippen molar-refractivity contribution in [3.8, 4) is 28.6 Å². The van der Waals surface area contributed by atoms with Crippen molar-refractivity contribution in [2.24, 2.45) is 0 Å². The monoisotopic (exact) mass is 284 g/mol. The second kappa shape index (κ2) is 5.01. The van der Waals surface area contributed by atoms with Crippen molar-refractivity contribution in [1.29, 1.82) is 0 Å². The fourth-order valence-electron chi connectivity index (χ4n) is 2.15. The van der Waals surface area contributed by atoms with Crippen LogP contribution in [0.4, 0.5) is 4.39 Å². The van der Waals surface area contributed by atoms with Crippen molar-refractivity contribution in [2.45, 2.75) is 13.8 Å². The third-order valence-corrected chi connectivity index (χ3v) is 3.32. The van der Waals surface area contributed by atoms with Crippen LogP contribution < -0.4 is 0 Å². The minimum Gasteiger partial charge on any atom is -0.507 e. The average molecular weight is 284 g/mol. The summed E-state index contributed by atoms with van der Waals surface area (Å²) in [7, 11) is 0. The molecule has 0 unspecified atom stereocenters. The van der Waals surface area contributed by atoms with Crippen LogP contribution in [-0.2, 0) is 0 Å². The molecule has 0 bridgehead atoms. The first-order valence-electron chi connectivity index (χ1n) is 6.45. The second-order valence-corrected chi connectivity index (χ2v) is 4.85. The van der Waals surface area contributed by atoms with Gasteiger partial charge in [-0.15, -0.1) is 0 Å². The van der Waals surface area contributed by atoms with E-state index in [9.17, 15) is 9.50 Å². The van der Waals surface area contributed by atoms with Crippen LogP contribution in [0.2, 0.25) is 0 Å². The Morgan fingerprint density at radius 1 is 1.05 bits per heavy atom. The smallest absolute Gasteiger partial charge is 0.262 e. The number of rotatable bonds is 2. The van der Waals surface area contributed by atoms with Crippen LogP contribution in [-0.4, -0.2) is 15.2 Å². The minimum absolute atomic E-state index is 0.114. The molecule has 5 heteroatoms. The lowest BCUT2D eigenvalue weighted by Crippen LogP contribution is -1.87. The molecule has 0 amide bonds. The molecule has 106 valence electrons. The van der Waals surface area contributed by atoms with Crippen molar-refractivity contribution < 1.29 is 14.0 Å². The topological polar surface area (TPSA) is 59.2 Å². The van der Waals surface area contributed by atoms with Crippen LogP contribution in [0, 0.1) is 19.7 Å². The molecule has 21 heavy (non-hydrogen) atoms. The van der Waals surface area contributed by atoms with Gasteiger partial charge in [0.05, 0.1) is 5.56 Å². The summed E-state index contributed by atoms with van der Waals surface area (Å²) in [4.78, 5) is 4.28. The first kappa shape index (κ1) is 13.3. The maximum atomic E-state index is 13.1. The van der Waals surface area contributed by atoms with Gasteiger partial charge in [0.2, 0.25) is 5.82 Å². The van der Waals surface area contributed by atoms with Crippen LogP contribution in [0.1, 0.15) is 11.1 Å². The molecule has 0 aliphatic rings. The first-order chi connectivity index (χ1) is 10.1. The van der Waals surface area contributed by atoms with Crippen LogP contribution in [0.15, 0.2) is 40.9 Å². The summed E-state index contributed by atoms with van der Waals surface area (Å²) >= 11 is 0. The van der Waals surface area contributed by atoms with Crippen LogP contribution in [0.3, 0.4) is 0 Å². The summed E-state index contributed by atoms with van der Waals surface area (Å²) in [6.45, 7) is 3.57. The molecule has 0 saturated heterocycles. The van der Waals surface area contributed by atoms with E-state index in [1.54, 1.807) is 38.1 Å². The molecular formula is C16H13FN2O2. The van der Waals surface area contributed by atoms with E-state index in [1.165, 1.54) is 12.1 Å². The summed E-state index contributed by atoms with van der Waals surface area (Å²) in [5.74, 6) is 0.401. The highest BCUT2D eigenvalue weighted by Crippen LogP contribution is 2.32. The van der Waals surface area contributed by atoms with E-state index in [0.717, 1.165) is 11.1 Å². The minimum atomic E-state index is -0.309. The molecule has 0 saturated carbocycles. The summed E-state index contributed by atoms with van der Waals surface area (Å²) in [5, 5.41) is 13.9. The Labute approximate surface area is 120 Å². The SMILES string of the molecule is Cc1cc(F)ccc1-c1noc(-c2cccc(C)c2O)n1. The van der Waals surface area contributed by atoms with Gasteiger partial charge in [-0.1, -0.05) is 17.3 Å². The van der Waals surface area contributed by atoms with Gasteiger partial charge >= 0.3 is 0 Å². The number of benzene rings is 2. The predicted octanol–water partition coefficient (Wildman–Crippen LogP) is 3.87. The molecule has 0 fully saturated rings. The van der Waals surface area contributed by atoms with Gasteiger partial charge in [0, 0.05) is 5.56 Å². The zero-order valence-electron chi connectivity index (χ0n) is 11.6. The third kappa shape index (κ3) is 2.38. The van der Waals surface area contributed by atoms with Gasteiger partial charge in [0.1, 0.15) is 11.6 Å². The number of aromatic hydroxyl groups is 1. The van der Waals surface area contributed by atoms with Crippen LogP contribution >= 0.6 is 0 Å². The molecule has 1 aromatic heterocycles. The lowest BCUT2D eigenvalue weighted by atomic mass is 10.1. The third-order valence-electron chi connectivity index (χ3n) is 3.32. The Morgan fingerprint density at radius 3 is 2.62 bits per heavy atom. The maximum absolute atomic E-state index is 13.1. The van der Waals surface area contributed by atoms with Gasteiger partial charge in [-0.2, -0.15) is 4.98 Å². The highest BCUT2D eigenvalue weighted by atomic mass is 19.1. The number of para-hydroxylation sites is 1. The van der Waals surface area contributed by atoms with Crippen LogP contribution in [0.25, 0.3) is 22.8 Å². The van der Waals surface area contributed by atoms with E-state index in [4.69, 9.17) is 4.52 Å². The molecular weight excluding hydrogens is 271 g/mol. The van der Waals surface area contributed by atoms with E-state index in [-0.39, 0.29) is 17.5 Å². The second-order valence-electron chi connectivity index (χ2n) is 4.85. The quantitative estimate of drug-likeness (QED) is 0.776. The Morgan fingerprint density at radius 2 is 1.86 bits per heavy atom. The molecule has 0 atom stereocenters. The normalized spacial score (nSPS) is 10.8. The van der Waals surface area contributed by atoms with E-state index in [0.29, 0.717) is 17.0 Å². The Bertz CT molecular complexity index is 812. The van der Waals surface area contributed by atoms with E-state index >= 15 is 0 Å². The number of hydrogen-bond donors (Lipinski definition) is 1. The molecule has 1 heterocycles. The average Bonchev–Trinajstić information content (AvgIpc) is 2.91. The summed E-state index contributed by atoms with van der Waals surface area (Å²) in [6.07, 6.45) is 0. The molecule has 0 aliphatic carbocycles. The zero-order chi connectivity index (χ0) is 15.0. The summed E-state index contributed by atoms with van der Waals surface area (Å²) in [5.41, 5.74) is 2.62. The molecule has 2 aromatic carbocycles. The summed E-state index contributed by atoms with van der Waals surface area (Å²) in [6, 6.07) is 9.67. The standard InChI is InChI=1S/C16H13FN2O2/c1-9-4-3-5-13(14(9)20)16-18-15(19-21-16)12-7-6-11(17)8-10(12)2/h3-8,20H,1-2H3. The highest BCUT2D eigenvalue weighted by Gasteiger charge is 2.16. The molecule has 0 aliphatic heterocycles.